The molecule has 2 N–H and O–H groups in total. The molecule has 98 valence electrons. The van der Waals surface area contributed by atoms with E-state index in [4.69, 9.17) is 10.0 Å². The van der Waals surface area contributed by atoms with Gasteiger partial charge in [-0.25, -0.2) is 4.39 Å². The van der Waals surface area contributed by atoms with Gasteiger partial charge in [-0.15, -0.1) is 11.8 Å². The number of aryl methyl sites for hydroxylation is 1. The zero-order valence-electron chi connectivity index (χ0n) is 10.5. The first-order valence-electron chi connectivity index (χ1n) is 5.89. The molecule has 0 atom stereocenters. The van der Waals surface area contributed by atoms with Gasteiger partial charge in [-0.3, -0.25) is 0 Å². The van der Waals surface area contributed by atoms with Gasteiger partial charge in [0, 0.05) is 10.6 Å². The Balaban J connectivity index is 2.08. The number of halogens is 1. The maximum atomic E-state index is 13.3. The molecule has 0 spiro atoms. The van der Waals surface area contributed by atoms with Gasteiger partial charge in [0.15, 0.2) is 0 Å². The van der Waals surface area contributed by atoms with E-state index < -0.39 is 12.9 Å². The molecule has 0 fully saturated rings. The van der Waals surface area contributed by atoms with Crippen LogP contribution in [0.4, 0.5) is 4.39 Å². The summed E-state index contributed by atoms with van der Waals surface area (Å²) in [4.78, 5) is 1.10. The van der Waals surface area contributed by atoms with Crippen molar-refractivity contribution in [3.63, 3.8) is 0 Å². The second-order valence-corrected chi connectivity index (χ2v) is 5.42. The van der Waals surface area contributed by atoms with Crippen molar-refractivity contribution in [1.82, 2.24) is 0 Å². The first kappa shape index (κ1) is 14.1. The Labute approximate surface area is 116 Å². The van der Waals surface area contributed by atoms with Gasteiger partial charge in [0.1, 0.15) is 5.82 Å². The van der Waals surface area contributed by atoms with Crippen LogP contribution in [0.5, 0.6) is 0 Å². The monoisotopic (exact) mass is 276 g/mol. The summed E-state index contributed by atoms with van der Waals surface area (Å²) in [5, 5.41) is 18.1. The van der Waals surface area contributed by atoms with Crippen LogP contribution in [0.1, 0.15) is 11.1 Å². The SMILES string of the molecule is Cc1ccc(SCc2cc(F)cc(B(O)O)c2)cc1. The Morgan fingerprint density at radius 2 is 1.79 bits per heavy atom. The van der Waals surface area contributed by atoms with Crippen molar-refractivity contribution in [2.75, 3.05) is 0 Å². The van der Waals surface area contributed by atoms with E-state index >= 15 is 0 Å². The highest BCUT2D eigenvalue weighted by Crippen LogP contribution is 2.23. The highest BCUT2D eigenvalue weighted by molar-refractivity contribution is 7.98. The fourth-order valence-corrected chi connectivity index (χ4v) is 2.54. The summed E-state index contributed by atoms with van der Waals surface area (Å²) in [6.07, 6.45) is 0. The summed E-state index contributed by atoms with van der Waals surface area (Å²) >= 11 is 1.58. The van der Waals surface area contributed by atoms with E-state index in [2.05, 4.69) is 0 Å². The van der Waals surface area contributed by atoms with Crippen LogP contribution < -0.4 is 5.46 Å². The molecule has 0 saturated carbocycles. The second kappa shape index (κ2) is 6.24. The minimum atomic E-state index is -1.64. The molecule has 2 rings (SSSR count). The molecule has 0 unspecified atom stereocenters. The van der Waals surface area contributed by atoms with E-state index in [1.165, 1.54) is 11.6 Å². The van der Waals surface area contributed by atoms with Crippen LogP contribution in [0.2, 0.25) is 0 Å². The Bertz CT molecular complexity index is 558. The van der Waals surface area contributed by atoms with Crippen molar-refractivity contribution >= 4 is 24.3 Å². The second-order valence-electron chi connectivity index (χ2n) is 4.37. The van der Waals surface area contributed by atoms with E-state index in [9.17, 15) is 4.39 Å². The first-order valence-corrected chi connectivity index (χ1v) is 6.88. The normalized spacial score (nSPS) is 10.5. The maximum absolute atomic E-state index is 13.3. The van der Waals surface area contributed by atoms with Gasteiger partial charge < -0.3 is 10.0 Å². The van der Waals surface area contributed by atoms with Gasteiger partial charge in [-0.1, -0.05) is 23.8 Å². The molecule has 0 bridgehead atoms. The van der Waals surface area contributed by atoms with Gasteiger partial charge in [-0.05, 0) is 42.2 Å². The van der Waals surface area contributed by atoms with Crippen LogP contribution >= 0.6 is 11.8 Å². The molecule has 0 radical (unpaired) electrons. The molecule has 0 aliphatic rings. The summed E-state index contributed by atoms with van der Waals surface area (Å²) < 4.78 is 13.3. The zero-order chi connectivity index (χ0) is 13.8. The Kier molecular flexibility index (Phi) is 4.63. The van der Waals surface area contributed by atoms with Crippen molar-refractivity contribution in [2.24, 2.45) is 0 Å². The van der Waals surface area contributed by atoms with Crippen molar-refractivity contribution in [3.8, 4) is 0 Å². The highest BCUT2D eigenvalue weighted by Gasteiger charge is 2.13. The van der Waals surface area contributed by atoms with E-state index in [-0.39, 0.29) is 5.46 Å². The molecule has 0 aromatic heterocycles. The minimum Gasteiger partial charge on any atom is -0.423 e. The molecule has 0 heterocycles. The lowest BCUT2D eigenvalue weighted by Crippen LogP contribution is -2.30. The third-order valence-corrected chi connectivity index (χ3v) is 3.79. The lowest BCUT2D eigenvalue weighted by atomic mass is 9.79. The number of rotatable bonds is 4. The lowest BCUT2D eigenvalue weighted by molar-refractivity contribution is 0.425. The Morgan fingerprint density at radius 3 is 2.42 bits per heavy atom. The van der Waals surface area contributed by atoms with Gasteiger partial charge in [0.25, 0.3) is 0 Å². The van der Waals surface area contributed by atoms with Gasteiger partial charge in [-0.2, -0.15) is 0 Å². The molecule has 0 aliphatic heterocycles. The molecular formula is C14H14BFO2S. The quantitative estimate of drug-likeness (QED) is 0.663. The average molecular weight is 276 g/mol. The third kappa shape index (κ3) is 4.09. The standard InChI is InChI=1S/C14H14BFO2S/c1-10-2-4-14(5-3-10)19-9-11-6-12(15(17)18)8-13(16)7-11/h2-8,17-18H,9H2,1H3. The molecule has 2 nitrogen and oxygen atoms in total. The lowest BCUT2D eigenvalue weighted by Gasteiger charge is -2.06. The summed E-state index contributed by atoms with van der Waals surface area (Å²) in [6, 6.07) is 12.2. The minimum absolute atomic E-state index is 0.180. The third-order valence-electron chi connectivity index (χ3n) is 2.70. The smallest absolute Gasteiger partial charge is 0.423 e. The molecule has 0 amide bonds. The van der Waals surface area contributed by atoms with Crippen LogP contribution in [-0.2, 0) is 5.75 Å². The molecule has 0 saturated heterocycles. The molecule has 2 aromatic carbocycles. The van der Waals surface area contributed by atoms with Crippen molar-refractivity contribution < 1.29 is 14.4 Å². The molecule has 5 heteroatoms. The summed E-state index contributed by atoms with van der Waals surface area (Å²) in [5.74, 6) is 0.130. The maximum Gasteiger partial charge on any atom is 0.488 e. The topological polar surface area (TPSA) is 40.5 Å². The van der Waals surface area contributed by atoms with E-state index in [0.717, 1.165) is 16.5 Å². The molecule has 2 aromatic rings. The Morgan fingerprint density at radius 1 is 1.11 bits per heavy atom. The predicted octanol–water partition coefficient (Wildman–Crippen LogP) is 2.11. The molecule has 19 heavy (non-hydrogen) atoms. The van der Waals surface area contributed by atoms with Crippen molar-refractivity contribution in [3.05, 3.63) is 59.4 Å². The fraction of sp³-hybridized carbons (Fsp3) is 0.143. The number of hydrogen-bond donors (Lipinski definition) is 2. The summed E-state index contributed by atoms with van der Waals surface area (Å²) in [7, 11) is -1.64. The molecule has 0 aliphatic carbocycles. The van der Waals surface area contributed by atoms with Gasteiger partial charge in [0.2, 0.25) is 0 Å². The fourth-order valence-electron chi connectivity index (χ4n) is 1.71. The van der Waals surface area contributed by atoms with Gasteiger partial charge in [0.05, 0.1) is 0 Å². The van der Waals surface area contributed by atoms with Gasteiger partial charge >= 0.3 is 7.12 Å². The number of thioether (sulfide) groups is 1. The summed E-state index contributed by atoms with van der Waals surface area (Å²) in [5.41, 5.74) is 2.11. The van der Waals surface area contributed by atoms with E-state index in [1.807, 2.05) is 31.2 Å². The van der Waals surface area contributed by atoms with Crippen LogP contribution in [0.25, 0.3) is 0 Å². The average Bonchev–Trinajstić information content (AvgIpc) is 2.37. The predicted molar refractivity (Wildman–Crippen MR) is 77.0 cm³/mol. The Hall–Kier alpha value is -1.30. The van der Waals surface area contributed by atoms with Crippen molar-refractivity contribution in [1.29, 1.82) is 0 Å². The van der Waals surface area contributed by atoms with Crippen LogP contribution in [-0.4, -0.2) is 17.2 Å². The van der Waals surface area contributed by atoms with Crippen LogP contribution in [0, 0.1) is 12.7 Å². The van der Waals surface area contributed by atoms with E-state index in [0.29, 0.717) is 5.75 Å². The van der Waals surface area contributed by atoms with Crippen LogP contribution in [0.3, 0.4) is 0 Å². The number of benzene rings is 2. The van der Waals surface area contributed by atoms with Crippen molar-refractivity contribution in [2.45, 2.75) is 17.6 Å². The summed E-state index contributed by atoms with van der Waals surface area (Å²) in [6.45, 7) is 2.02. The highest BCUT2D eigenvalue weighted by atomic mass is 32.2. The van der Waals surface area contributed by atoms with E-state index in [1.54, 1.807) is 17.8 Å². The zero-order valence-corrected chi connectivity index (χ0v) is 11.3. The number of hydrogen-bond acceptors (Lipinski definition) is 3. The van der Waals surface area contributed by atoms with Crippen LogP contribution in [0.15, 0.2) is 47.4 Å². The largest absolute Gasteiger partial charge is 0.488 e. The molecular weight excluding hydrogens is 262 g/mol. The first-order chi connectivity index (χ1) is 9.04.